The molecule has 150 valence electrons. The molecule has 4 rings (SSSR count). The minimum absolute atomic E-state index is 0.196. The molecule has 3 aromatic rings. The molecule has 1 aliphatic heterocycles. The van der Waals surface area contributed by atoms with Gasteiger partial charge in [0.2, 0.25) is 5.95 Å². The minimum atomic E-state index is -0.735. The molecule has 4 heterocycles. The number of fused-ring (bicyclic) bond motifs is 1. The molecule has 3 aromatic heterocycles. The highest BCUT2D eigenvalue weighted by Crippen LogP contribution is 2.31. The van der Waals surface area contributed by atoms with Gasteiger partial charge in [-0.3, -0.25) is 0 Å². The van der Waals surface area contributed by atoms with E-state index in [1.165, 1.54) is 0 Å². The molecule has 0 bridgehead atoms. The Morgan fingerprint density at radius 2 is 2.07 bits per heavy atom. The largest absolute Gasteiger partial charge is 0.388 e. The van der Waals surface area contributed by atoms with Crippen LogP contribution in [0.3, 0.4) is 0 Å². The maximum atomic E-state index is 10.4. The molecule has 10 nitrogen and oxygen atoms in total. The summed E-state index contributed by atoms with van der Waals surface area (Å²) in [5.74, 6) is 1.25. The van der Waals surface area contributed by atoms with Gasteiger partial charge >= 0.3 is 0 Å². The normalized spacial score (nSPS) is 20.3. The fraction of sp³-hybridized carbons (Fsp3) is 0.611. The van der Waals surface area contributed by atoms with Crippen LogP contribution in [0, 0.1) is 6.92 Å². The molecule has 1 aliphatic rings. The van der Waals surface area contributed by atoms with Gasteiger partial charge in [0.15, 0.2) is 17.0 Å². The van der Waals surface area contributed by atoms with Gasteiger partial charge in [-0.25, -0.2) is 9.61 Å². The van der Waals surface area contributed by atoms with Crippen LogP contribution in [-0.4, -0.2) is 59.2 Å². The van der Waals surface area contributed by atoms with Crippen LogP contribution in [0.25, 0.3) is 11.2 Å². The molecule has 2 N–H and O–H groups in total. The minimum Gasteiger partial charge on any atom is -0.388 e. The molecular weight excluding hydrogens is 360 g/mol. The number of aromatic nitrogens is 6. The Morgan fingerprint density at radius 1 is 1.29 bits per heavy atom. The van der Waals surface area contributed by atoms with Crippen molar-refractivity contribution in [2.45, 2.75) is 58.7 Å². The van der Waals surface area contributed by atoms with Gasteiger partial charge in [-0.2, -0.15) is 9.97 Å². The molecule has 1 unspecified atom stereocenters. The van der Waals surface area contributed by atoms with Crippen LogP contribution in [0.5, 0.6) is 0 Å². The molecular formula is C18H26N8O2. The third kappa shape index (κ3) is 3.64. The summed E-state index contributed by atoms with van der Waals surface area (Å²) in [5.41, 5.74) is 1.94. The summed E-state index contributed by atoms with van der Waals surface area (Å²) < 4.78 is 6.72. The predicted octanol–water partition coefficient (Wildman–Crippen LogP) is 1.74. The van der Waals surface area contributed by atoms with Crippen molar-refractivity contribution >= 4 is 22.9 Å². The maximum Gasteiger partial charge on any atom is 0.227 e. The summed E-state index contributed by atoms with van der Waals surface area (Å²) in [7, 11) is 0. The van der Waals surface area contributed by atoms with E-state index in [1.54, 1.807) is 6.33 Å². The second kappa shape index (κ2) is 6.40. The van der Waals surface area contributed by atoms with Crippen LogP contribution >= 0.6 is 0 Å². The SMILES string of the molecule is Cc1nonc1Cn1cnc2c(N3CCC(C)(O)C3)nc(NC(C)(C)C)nc21. The van der Waals surface area contributed by atoms with Crippen molar-refractivity contribution in [2.75, 3.05) is 23.3 Å². The Balaban J connectivity index is 1.80. The third-order valence-corrected chi connectivity index (χ3v) is 4.75. The first-order valence-corrected chi connectivity index (χ1v) is 9.38. The predicted molar refractivity (Wildman–Crippen MR) is 104 cm³/mol. The molecule has 28 heavy (non-hydrogen) atoms. The van der Waals surface area contributed by atoms with Crippen molar-refractivity contribution < 1.29 is 9.74 Å². The lowest BCUT2D eigenvalue weighted by Crippen LogP contribution is -2.31. The fourth-order valence-electron chi connectivity index (χ4n) is 3.34. The van der Waals surface area contributed by atoms with Crippen molar-refractivity contribution in [2.24, 2.45) is 0 Å². The molecule has 1 fully saturated rings. The molecule has 0 radical (unpaired) electrons. The van der Waals surface area contributed by atoms with Crippen molar-refractivity contribution in [1.82, 2.24) is 29.8 Å². The number of aryl methyl sites for hydroxylation is 1. The summed E-state index contributed by atoms with van der Waals surface area (Å²) in [6.07, 6.45) is 2.41. The van der Waals surface area contributed by atoms with Crippen molar-refractivity contribution in [3.05, 3.63) is 17.7 Å². The fourth-order valence-corrected chi connectivity index (χ4v) is 3.34. The summed E-state index contributed by atoms with van der Waals surface area (Å²) >= 11 is 0. The first-order valence-electron chi connectivity index (χ1n) is 9.38. The monoisotopic (exact) mass is 386 g/mol. The number of β-amino-alcohol motifs (C(OH)–C–C–N with tert-alkyl or cyclic N) is 1. The summed E-state index contributed by atoms with van der Waals surface area (Å²) in [4.78, 5) is 16.1. The number of aliphatic hydroxyl groups is 1. The van der Waals surface area contributed by atoms with Gasteiger partial charge in [0.05, 0.1) is 18.5 Å². The van der Waals surface area contributed by atoms with E-state index in [0.29, 0.717) is 43.2 Å². The Kier molecular flexibility index (Phi) is 4.25. The number of anilines is 2. The van der Waals surface area contributed by atoms with E-state index in [4.69, 9.17) is 14.6 Å². The van der Waals surface area contributed by atoms with Gasteiger partial charge < -0.3 is 19.9 Å². The van der Waals surface area contributed by atoms with Crippen LogP contribution in [0.2, 0.25) is 0 Å². The number of nitrogens with one attached hydrogen (secondary N) is 1. The second-order valence-electron chi connectivity index (χ2n) is 8.76. The van der Waals surface area contributed by atoms with Gasteiger partial charge in [-0.1, -0.05) is 10.3 Å². The van der Waals surface area contributed by atoms with E-state index in [1.807, 2.05) is 18.4 Å². The van der Waals surface area contributed by atoms with Crippen molar-refractivity contribution in [3.63, 3.8) is 0 Å². The van der Waals surface area contributed by atoms with E-state index in [2.05, 4.69) is 46.3 Å². The molecule has 0 saturated carbocycles. The van der Waals surface area contributed by atoms with Crippen LogP contribution in [0.15, 0.2) is 11.0 Å². The van der Waals surface area contributed by atoms with E-state index in [0.717, 1.165) is 17.2 Å². The van der Waals surface area contributed by atoms with Crippen LogP contribution < -0.4 is 10.2 Å². The highest BCUT2D eigenvalue weighted by atomic mass is 16.6. The van der Waals surface area contributed by atoms with Crippen molar-refractivity contribution in [3.8, 4) is 0 Å². The Labute approximate surface area is 162 Å². The van der Waals surface area contributed by atoms with Crippen molar-refractivity contribution in [1.29, 1.82) is 0 Å². The Bertz CT molecular complexity index is 1000. The van der Waals surface area contributed by atoms with Gasteiger partial charge in [-0.15, -0.1) is 0 Å². The standard InChI is InChI=1S/C18H26N8O2/c1-11-12(24-28-23-11)8-26-10-19-13-14(25-7-6-18(5,27)9-25)20-16(21-15(13)26)22-17(2,3)4/h10,27H,6-9H2,1-5H3,(H,20,21,22). The first kappa shape index (κ1) is 18.6. The Morgan fingerprint density at radius 3 is 2.68 bits per heavy atom. The van der Waals surface area contributed by atoms with Crippen LogP contribution in [0.4, 0.5) is 11.8 Å². The average Bonchev–Trinajstić information content (AvgIpc) is 3.26. The zero-order valence-corrected chi connectivity index (χ0v) is 16.9. The molecule has 0 aromatic carbocycles. The molecule has 0 amide bonds. The number of hydrogen-bond acceptors (Lipinski definition) is 9. The van der Waals surface area contributed by atoms with Gasteiger partial charge in [0.1, 0.15) is 11.4 Å². The van der Waals surface area contributed by atoms with E-state index >= 15 is 0 Å². The number of nitrogens with zero attached hydrogens (tertiary/aromatic N) is 7. The third-order valence-electron chi connectivity index (χ3n) is 4.75. The highest BCUT2D eigenvalue weighted by Gasteiger charge is 2.34. The zero-order valence-electron chi connectivity index (χ0n) is 16.9. The average molecular weight is 386 g/mol. The quantitative estimate of drug-likeness (QED) is 0.691. The van der Waals surface area contributed by atoms with E-state index in [-0.39, 0.29) is 5.54 Å². The van der Waals surface area contributed by atoms with Crippen LogP contribution in [-0.2, 0) is 6.54 Å². The molecule has 10 heteroatoms. The lowest BCUT2D eigenvalue weighted by atomic mass is 10.1. The Hall–Kier alpha value is -2.75. The van der Waals surface area contributed by atoms with Gasteiger partial charge in [0.25, 0.3) is 0 Å². The van der Waals surface area contributed by atoms with Crippen LogP contribution in [0.1, 0.15) is 45.5 Å². The molecule has 1 saturated heterocycles. The maximum absolute atomic E-state index is 10.4. The van der Waals surface area contributed by atoms with E-state index in [9.17, 15) is 5.11 Å². The lowest BCUT2D eigenvalue weighted by Gasteiger charge is -2.23. The van der Waals surface area contributed by atoms with Gasteiger partial charge in [-0.05, 0) is 41.0 Å². The first-order chi connectivity index (χ1) is 13.1. The number of hydrogen-bond donors (Lipinski definition) is 2. The second-order valence-corrected chi connectivity index (χ2v) is 8.76. The highest BCUT2D eigenvalue weighted by molar-refractivity contribution is 5.85. The smallest absolute Gasteiger partial charge is 0.227 e. The molecule has 0 spiro atoms. The number of imidazole rings is 1. The summed E-state index contributed by atoms with van der Waals surface area (Å²) in [5, 5.41) is 21.6. The lowest BCUT2D eigenvalue weighted by molar-refractivity contribution is 0.0839. The van der Waals surface area contributed by atoms with Gasteiger partial charge in [0, 0.05) is 18.6 Å². The summed E-state index contributed by atoms with van der Waals surface area (Å²) in [6, 6.07) is 0. The molecule has 1 atom stereocenters. The number of rotatable bonds is 4. The summed E-state index contributed by atoms with van der Waals surface area (Å²) in [6.45, 7) is 11.5. The molecule has 0 aliphatic carbocycles. The topological polar surface area (TPSA) is 118 Å². The van der Waals surface area contributed by atoms with E-state index < -0.39 is 5.60 Å². The zero-order chi connectivity index (χ0) is 20.1.